The molecular weight excluding hydrogens is 112 g/mol. The molecule has 0 radical (unpaired) electrons. The van der Waals surface area contributed by atoms with Crippen LogP contribution in [0.15, 0.2) is 12.7 Å². The summed E-state index contributed by atoms with van der Waals surface area (Å²) in [5, 5.41) is 9.15. The fourth-order valence-corrected chi connectivity index (χ4v) is 0.833. The molecule has 0 aromatic heterocycles. The van der Waals surface area contributed by atoms with E-state index in [4.69, 9.17) is 5.11 Å². The predicted molar refractivity (Wildman–Crippen MR) is 40.3 cm³/mol. The van der Waals surface area contributed by atoms with E-state index in [1.165, 1.54) is 0 Å². The molecule has 0 spiro atoms. The van der Waals surface area contributed by atoms with Gasteiger partial charge in [-0.25, -0.2) is 0 Å². The summed E-state index contributed by atoms with van der Waals surface area (Å²) in [7, 11) is 0. The Morgan fingerprint density at radius 3 is 2.44 bits per heavy atom. The van der Waals surface area contributed by atoms with Crippen molar-refractivity contribution in [3.63, 3.8) is 0 Å². The lowest BCUT2D eigenvalue weighted by Crippen LogP contribution is -2.07. The first-order valence-electron chi connectivity index (χ1n) is 3.45. The van der Waals surface area contributed by atoms with E-state index in [-0.39, 0.29) is 6.10 Å². The van der Waals surface area contributed by atoms with Crippen molar-refractivity contribution in [3.05, 3.63) is 12.7 Å². The minimum Gasteiger partial charge on any atom is -0.393 e. The molecule has 0 aliphatic rings. The zero-order valence-corrected chi connectivity index (χ0v) is 6.30. The molecule has 0 aromatic carbocycles. The third kappa shape index (κ3) is 5.57. The van der Waals surface area contributed by atoms with Gasteiger partial charge in [0.25, 0.3) is 0 Å². The molecule has 0 saturated heterocycles. The van der Waals surface area contributed by atoms with Gasteiger partial charge in [0.2, 0.25) is 0 Å². The van der Waals surface area contributed by atoms with Gasteiger partial charge in [-0.15, -0.1) is 6.58 Å². The van der Waals surface area contributed by atoms with Crippen LogP contribution in [0, 0.1) is 5.92 Å². The maximum atomic E-state index is 9.15. The van der Waals surface area contributed by atoms with Gasteiger partial charge >= 0.3 is 0 Å². The SMILES string of the molecule is C=CC[C@H](O)CC(C)C. The molecule has 0 heterocycles. The number of aliphatic hydroxyl groups excluding tert-OH is 1. The van der Waals surface area contributed by atoms with Crippen molar-refractivity contribution >= 4 is 0 Å². The van der Waals surface area contributed by atoms with Gasteiger partial charge in [0.15, 0.2) is 0 Å². The fraction of sp³-hybridized carbons (Fsp3) is 0.750. The molecule has 0 aromatic rings. The quantitative estimate of drug-likeness (QED) is 0.574. The van der Waals surface area contributed by atoms with Crippen molar-refractivity contribution < 1.29 is 5.11 Å². The Labute approximate surface area is 57.4 Å². The lowest BCUT2D eigenvalue weighted by Gasteiger charge is -2.09. The number of hydrogen-bond acceptors (Lipinski definition) is 1. The standard InChI is InChI=1S/C8H16O/c1-4-5-8(9)6-7(2)3/h4,7-9H,1,5-6H2,2-3H3/t8-/m0/s1. The van der Waals surface area contributed by atoms with Crippen LogP contribution in [-0.4, -0.2) is 11.2 Å². The van der Waals surface area contributed by atoms with E-state index in [0.29, 0.717) is 5.92 Å². The second kappa shape index (κ2) is 4.57. The Bertz CT molecular complexity index is 76.6. The van der Waals surface area contributed by atoms with Crippen LogP contribution >= 0.6 is 0 Å². The second-order valence-corrected chi connectivity index (χ2v) is 2.81. The summed E-state index contributed by atoms with van der Waals surface area (Å²) < 4.78 is 0. The highest BCUT2D eigenvalue weighted by Crippen LogP contribution is 2.06. The molecule has 1 heteroatoms. The Balaban J connectivity index is 3.25. The van der Waals surface area contributed by atoms with E-state index in [2.05, 4.69) is 20.4 Å². The molecule has 54 valence electrons. The third-order valence-corrected chi connectivity index (χ3v) is 1.18. The molecule has 0 unspecified atom stereocenters. The summed E-state index contributed by atoms with van der Waals surface area (Å²) in [6.45, 7) is 7.75. The molecule has 0 rings (SSSR count). The van der Waals surface area contributed by atoms with E-state index < -0.39 is 0 Å². The zero-order chi connectivity index (χ0) is 7.28. The molecule has 0 aliphatic carbocycles. The van der Waals surface area contributed by atoms with Crippen LogP contribution in [0.4, 0.5) is 0 Å². The lowest BCUT2D eigenvalue weighted by molar-refractivity contribution is 0.152. The molecule has 1 nitrogen and oxygen atoms in total. The average Bonchev–Trinajstić information content (AvgIpc) is 1.63. The minimum atomic E-state index is -0.178. The molecule has 1 atom stereocenters. The van der Waals surface area contributed by atoms with Crippen LogP contribution in [0.1, 0.15) is 26.7 Å². The molecule has 0 saturated carbocycles. The first kappa shape index (κ1) is 8.70. The van der Waals surface area contributed by atoms with Crippen molar-refractivity contribution in [1.82, 2.24) is 0 Å². The van der Waals surface area contributed by atoms with E-state index in [1.54, 1.807) is 6.08 Å². The summed E-state index contributed by atoms with van der Waals surface area (Å²) in [6, 6.07) is 0. The van der Waals surface area contributed by atoms with Crippen molar-refractivity contribution in [3.8, 4) is 0 Å². The molecular formula is C8H16O. The highest BCUT2D eigenvalue weighted by Gasteiger charge is 2.02. The smallest absolute Gasteiger partial charge is 0.0577 e. The van der Waals surface area contributed by atoms with Crippen LogP contribution in [0.25, 0.3) is 0 Å². The van der Waals surface area contributed by atoms with E-state index in [0.717, 1.165) is 12.8 Å². The van der Waals surface area contributed by atoms with Crippen LogP contribution < -0.4 is 0 Å². The van der Waals surface area contributed by atoms with E-state index >= 15 is 0 Å². The summed E-state index contributed by atoms with van der Waals surface area (Å²) in [5.74, 6) is 0.583. The normalized spacial score (nSPS) is 13.8. The summed E-state index contributed by atoms with van der Waals surface area (Å²) in [6.07, 6.45) is 3.18. The highest BCUT2D eigenvalue weighted by atomic mass is 16.3. The highest BCUT2D eigenvalue weighted by molar-refractivity contribution is 4.72. The van der Waals surface area contributed by atoms with E-state index in [1.807, 2.05) is 0 Å². The fourth-order valence-electron chi connectivity index (χ4n) is 0.833. The lowest BCUT2D eigenvalue weighted by atomic mass is 10.0. The topological polar surface area (TPSA) is 20.2 Å². The van der Waals surface area contributed by atoms with Gasteiger partial charge < -0.3 is 5.11 Å². The zero-order valence-electron chi connectivity index (χ0n) is 6.30. The van der Waals surface area contributed by atoms with Crippen molar-refractivity contribution in [2.75, 3.05) is 0 Å². The van der Waals surface area contributed by atoms with Crippen molar-refractivity contribution in [1.29, 1.82) is 0 Å². The van der Waals surface area contributed by atoms with Gasteiger partial charge in [0.1, 0.15) is 0 Å². The molecule has 0 bridgehead atoms. The molecule has 1 N–H and O–H groups in total. The Morgan fingerprint density at radius 2 is 2.11 bits per heavy atom. The number of rotatable bonds is 4. The first-order valence-corrected chi connectivity index (χ1v) is 3.45. The number of hydrogen-bond donors (Lipinski definition) is 1. The third-order valence-electron chi connectivity index (χ3n) is 1.18. The Kier molecular flexibility index (Phi) is 4.41. The maximum absolute atomic E-state index is 9.15. The van der Waals surface area contributed by atoms with Gasteiger partial charge in [0, 0.05) is 0 Å². The molecule has 9 heavy (non-hydrogen) atoms. The monoisotopic (exact) mass is 128 g/mol. The van der Waals surface area contributed by atoms with Crippen LogP contribution in [0.3, 0.4) is 0 Å². The van der Waals surface area contributed by atoms with Gasteiger partial charge in [-0.05, 0) is 18.8 Å². The van der Waals surface area contributed by atoms with Crippen LogP contribution in [0.5, 0.6) is 0 Å². The largest absolute Gasteiger partial charge is 0.393 e. The van der Waals surface area contributed by atoms with Crippen LogP contribution in [0.2, 0.25) is 0 Å². The average molecular weight is 128 g/mol. The minimum absolute atomic E-state index is 0.178. The Hall–Kier alpha value is -0.300. The maximum Gasteiger partial charge on any atom is 0.0577 e. The summed E-state index contributed by atoms with van der Waals surface area (Å²) in [4.78, 5) is 0. The van der Waals surface area contributed by atoms with Gasteiger partial charge in [-0.1, -0.05) is 19.9 Å². The molecule has 0 aliphatic heterocycles. The number of aliphatic hydroxyl groups is 1. The Morgan fingerprint density at radius 1 is 1.56 bits per heavy atom. The summed E-state index contributed by atoms with van der Waals surface area (Å²) >= 11 is 0. The first-order chi connectivity index (χ1) is 4.16. The van der Waals surface area contributed by atoms with Crippen LogP contribution in [-0.2, 0) is 0 Å². The van der Waals surface area contributed by atoms with Crippen molar-refractivity contribution in [2.24, 2.45) is 5.92 Å². The van der Waals surface area contributed by atoms with Gasteiger partial charge in [-0.2, -0.15) is 0 Å². The van der Waals surface area contributed by atoms with Crippen molar-refractivity contribution in [2.45, 2.75) is 32.8 Å². The second-order valence-electron chi connectivity index (χ2n) is 2.81. The van der Waals surface area contributed by atoms with Gasteiger partial charge in [0.05, 0.1) is 6.10 Å². The van der Waals surface area contributed by atoms with Gasteiger partial charge in [-0.3, -0.25) is 0 Å². The molecule has 0 amide bonds. The summed E-state index contributed by atoms with van der Waals surface area (Å²) in [5.41, 5.74) is 0. The van der Waals surface area contributed by atoms with E-state index in [9.17, 15) is 0 Å². The predicted octanol–water partition coefficient (Wildman–Crippen LogP) is 1.97. The molecule has 0 fully saturated rings.